The molecule has 0 unspecified atom stereocenters. The Kier molecular flexibility index (Phi) is 5.74. The number of nitrogens with one attached hydrogen (secondary N) is 3. The van der Waals surface area contributed by atoms with Gasteiger partial charge in [0, 0.05) is 24.8 Å². The van der Waals surface area contributed by atoms with E-state index in [0.717, 1.165) is 16.8 Å². The van der Waals surface area contributed by atoms with Gasteiger partial charge in [-0.2, -0.15) is 0 Å². The summed E-state index contributed by atoms with van der Waals surface area (Å²) < 4.78 is 0. The maximum absolute atomic E-state index is 11.9. The maximum Gasteiger partial charge on any atom is 0.251 e. The highest BCUT2D eigenvalue weighted by molar-refractivity contribution is 5.97. The Morgan fingerprint density at radius 3 is 2.43 bits per heavy atom. The molecule has 5 heteroatoms. The molecule has 2 aromatic rings. The first-order valence-corrected chi connectivity index (χ1v) is 7.48. The minimum atomic E-state index is -0.139. The lowest BCUT2D eigenvalue weighted by Crippen LogP contribution is -2.29. The van der Waals surface area contributed by atoms with Gasteiger partial charge in [-0.3, -0.25) is 9.59 Å². The second kappa shape index (κ2) is 7.98. The van der Waals surface area contributed by atoms with Gasteiger partial charge >= 0.3 is 0 Å². The number of carbonyl (C=O) groups excluding carboxylic acids is 2. The normalized spacial score (nSPS) is 10.0. The fraction of sp³-hybridized carbons (Fsp3) is 0.222. The molecule has 2 amide bonds. The molecule has 0 spiro atoms. The van der Waals surface area contributed by atoms with Crippen molar-refractivity contribution in [3.63, 3.8) is 0 Å². The monoisotopic (exact) mass is 311 g/mol. The van der Waals surface area contributed by atoms with Crippen molar-refractivity contribution in [2.24, 2.45) is 0 Å². The number of anilines is 1. The third-order valence-electron chi connectivity index (χ3n) is 3.58. The third-order valence-corrected chi connectivity index (χ3v) is 3.58. The molecular weight excluding hydrogens is 290 g/mol. The van der Waals surface area contributed by atoms with Gasteiger partial charge in [-0.25, -0.2) is 0 Å². The van der Waals surface area contributed by atoms with Crippen LogP contribution in [-0.2, 0) is 11.3 Å². The molecule has 0 saturated carbocycles. The van der Waals surface area contributed by atoms with E-state index in [-0.39, 0.29) is 18.4 Å². The van der Waals surface area contributed by atoms with E-state index in [9.17, 15) is 9.59 Å². The maximum atomic E-state index is 11.9. The molecule has 2 aromatic carbocycles. The van der Waals surface area contributed by atoms with Gasteiger partial charge in [-0.1, -0.05) is 36.4 Å². The molecule has 0 heterocycles. The van der Waals surface area contributed by atoms with Gasteiger partial charge in [-0.05, 0) is 30.2 Å². The van der Waals surface area contributed by atoms with Gasteiger partial charge in [0.2, 0.25) is 5.91 Å². The van der Waals surface area contributed by atoms with E-state index >= 15 is 0 Å². The first-order chi connectivity index (χ1) is 11.1. The van der Waals surface area contributed by atoms with E-state index in [1.165, 1.54) is 0 Å². The van der Waals surface area contributed by atoms with Gasteiger partial charge < -0.3 is 16.0 Å². The van der Waals surface area contributed by atoms with Gasteiger partial charge in [-0.15, -0.1) is 0 Å². The zero-order chi connectivity index (χ0) is 16.7. The molecule has 3 N–H and O–H groups in total. The van der Waals surface area contributed by atoms with Crippen molar-refractivity contribution < 1.29 is 9.59 Å². The zero-order valence-corrected chi connectivity index (χ0v) is 13.3. The van der Waals surface area contributed by atoms with Crippen molar-refractivity contribution >= 4 is 17.5 Å². The molecule has 0 fully saturated rings. The van der Waals surface area contributed by atoms with Crippen LogP contribution in [0.4, 0.5) is 5.69 Å². The summed E-state index contributed by atoms with van der Waals surface area (Å²) in [5, 5.41) is 8.54. The predicted molar refractivity (Wildman–Crippen MR) is 91.3 cm³/mol. The van der Waals surface area contributed by atoms with Gasteiger partial charge in [0.05, 0.1) is 6.54 Å². The van der Waals surface area contributed by atoms with E-state index < -0.39 is 0 Å². The molecule has 0 atom stereocenters. The highest BCUT2D eigenvalue weighted by Crippen LogP contribution is 2.18. The second-order valence-corrected chi connectivity index (χ2v) is 5.17. The van der Waals surface area contributed by atoms with E-state index in [1.807, 2.05) is 43.3 Å². The van der Waals surface area contributed by atoms with Crippen molar-refractivity contribution in [1.29, 1.82) is 0 Å². The van der Waals surface area contributed by atoms with Crippen LogP contribution in [0.3, 0.4) is 0 Å². The number of hydrogen-bond donors (Lipinski definition) is 3. The zero-order valence-electron chi connectivity index (χ0n) is 13.3. The van der Waals surface area contributed by atoms with E-state index in [1.54, 1.807) is 19.2 Å². The van der Waals surface area contributed by atoms with Crippen LogP contribution in [0.25, 0.3) is 0 Å². The Bertz CT molecular complexity index is 684. The molecule has 0 aliphatic heterocycles. The Balaban J connectivity index is 1.90. The van der Waals surface area contributed by atoms with Crippen LogP contribution in [-0.4, -0.2) is 25.4 Å². The third kappa shape index (κ3) is 4.57. The smallest absolute Gasteiger partial charge is 0.251 e. The van der Waals surface area contributed by atoms with Crippen LogP contribution in [0.5, 0.6) is 0 Å². The lowest BCUT2D eigenvalue weighted by Gasteiger charge is -2.12. The quantitative estimate of drug-likeness (QED) is 0.765. The van der Waals surface area contributed by atoms with E-state index in [4.69, 9.17) is 0 Å². The first-order valence-electron chi connectivity index (χ1n) is 7.48. The standard InChI is InChI=1S/C18H21N3O2/c1-13-15(18(23)19-2)9-6-10-16(13)20-12-17(22)21-11-14-7-4-3-5-8-14/h3-10,20H,11-12H2,1-2H3,(H,19,23)(H,21,22). The Morgan fingerprint density at radius 2 is 1.74 bits per heavy atom. The van der Waals surface area contributed by atoms with Gasteiger partial charge in [0.1, 0.15) is 0 Å². The molecule has 0 radical (unpaired) electrons. The van der Waals surface area contributed by atoms with Crippen molar-refractivity contribution in [2.75, 3.05) is 18.9 Å². The summed E-state index contributed by atoms with van der Waals surface area (Å²) in [7, 11) is 1.60. The molecule has 120 valence electrons. The van der Waals surface area contributed by atoms with Crippen LogP contribution in [0.15, 0.2) is 48.5 Å². The summed E-state index contributed by atoms with van der Waals surface area (Å²) >= 11 is 0. The van der Waals surface area contributed by atoms with Crippen LogP contribution >= 0.6 is 0 Å². The summed E-state index contributed by atoms with van der Waals surface area (Å²) in [5.41, 5.74) is 3.25. The average Bonchev–Trinajstić information content (AvgIpc) is 2.59. The number of rotatable bonds is 6. The van der Waals surface area contributed by atoms with Crippen LogP contribution < -0.4 is 16.0 Å². The molecular formula is C18H21N3O2. The van der Waals surface area contributed by atoms with Crippen LogP contribution in [0.1, 0.15) is 21.5 Å². The highest BCUT2D eigenvalue weighted by Gasteiger charge is 2.10. The number of benzene rings is 2. The fourth-order valence-corrected chi connectivity index (χ4v) is 2.24. The van der Waals surface area contributed by atoms with Crippen molar-refractivity contribution in [2.45, 2.75) is 13.5 Å². The van der Waals surface area contributed by atoms with Crippen LogP contribution in [0, 0.1) is 6.92 Å². The van der Waals surface area contributed by atoms with E-state index in [2.05, 4.69) is 16.0 Å². The Morgan fingerprint density at radius 1 is 1.00 bits per heavy atom. The Hall–Kier alpha value is -2.82. The summed E-state index contributed by atoms with van der Waals surface area (Å²) in [4.78, 5) is 23.7. The SMILES string of the molecule is CNC(=O)c1cccc(NCC(=O)NCc2ccccc2)c1C. The number of amides is 2. The van der Waals surface area contributed by atoms with Gasteiger partial charge in [0.25, 0.3) is 5.91 Å². The molecule has 23 heavy (non-hydrogen) atoms. The molecule has 5 nitrogen and oxygen atoms in total. The van der Waals surface area contributed by atoms with Gasteiger partial charge in [0.15, 0.2) is 0 Å². The average molecular weight is 311 g/mol. The van der Waals surface area contributed by atoms with Crippen molar-refractivity contribution in [3.05, 3.63) is 65.2 Å². The lowest BCUT2D eigenvalue weighted by atomic mass is 10.1. The molecule has 0 bridgehead atoms. The largest absolute Gasteiger partial charge is 0.376 e. The summed E-state index contributed by atoms with van der Waals surface area (Å²) in [6, 6.07) is 15.1. The molecule has 0 aliphatic carbocycles. The summed E-state index contributed by atoms with van der Waals surface area (Å²) in [5.74, 6) is -0.238. The molecule has 0 aromatic heterocycles. The Labute approximate surface area is 136 Å². The fourth-order valence-electron chi connectivity index (χ4n) is 2.24. The topological polar surface area (TPSA) is 70.2 Å². The molecule has 2 rings (SSSR count). The lowest BCUT2D eigenvalue weighted by molar-refractivity contribution is -0.119. The predicted octanol–water partition coefficient (Wildman–Crippen LogP) is 2.08. The minimum Gasteiger partial charge on any atom is -0.376 e. The van der Waals surface area contributed by atoms with Crippen molar-refractivity contribution in [3.8, 4) is 0 Å². The van der Waals surface area contributed by atoms with Crippen molar-refractivity contribution in [1.82, 2.24) is 10.6 Å². The number of hydrogen-bond acceptors (Lipinski definition) is 3. The first kappa shape index (κ1) is 16.5. The van der Waals surface area contributed by atoms with Crippen LogP contribution in [0.2, 0.25) is 0 Å². The molecule has 0 saturated heterocycles. The summed E-state index contributed by atoms with van der Waals surface area (Å²) in [6.07, 6.45) is 0. The van der Waals surface area contributed by atoms with E-state index in [0.29, 0.717) is 12.1 Å². The minimum absolute atomic E-state index is 0.0985. The highest BCUT2D eigenvalue weighted by atomic mass is 16.2. The second-order valence-electron chi connectivity index (χ2n) is 5.17. The number of carbonyl (C=O) groups is 2. The molecule has 0 aliphatic rings. The summed E-state index contributed by atoms with van der Waals surface area (Å²) in [6.45, 7) is 2.51.